The molecule has 0 saturated carbocycles. The van der Waals surface area contributed by atoms with Gasteiger partial charge in [-0.15, -0.1) is 0 Å². The molecule has 0 spiro atoms. The third kappa shape index (κ3) is 6.59. The summed E-state index contributed by atoms with van der Waals surface area (Å²) in [6, 6.07) is 7.50. The fourth-order valence-corrected chi connectivity index (χ4v) is 4.13. The van der Waals surface area contributed by atoms with Crippen molar-refractivity contribution in [3.05, 3.63) is 53.0 Å². The molecule has 9 heteroatoms. The fraction of sp³-hybridized carbons (Fsp3) is 0.481. The van der Waals surface area contributed by atoms with Crippen LogP contribution in [-0.4, -0.2) is 53.5 Å². The second kappa shape index (κ2) is 11.1. The zero-order valence-electron chi connectivity index (χ0n) is 21.8. The number of esters is 1. The molecule has 2 N–H and O–H groups in total. The maximum absolute atomic E-state index is 13.5. The van der Waals surface area contributed by atoms with Gasteiger partial charge >= 0.3 is 12.1 Å². The van der Waals surface area contributed by atoms with Crippen LogP contribution in [0.3, 0.4) is 0 Å². The summed E-state index contributed by atoms with van der Waals surface area (Å²) in [6.45, 7) is 10.3. The number of hydrogen-bond donors (Lipinski definition) is 2. The Kier molecular flexibility index (Phi) is 8.32. The number of nitrogens with one attached hydrogen (secondary N) is 2. The third-order valence-corrected chi connectivity index (χ3v) is 5.98. The third-order valence-electron chi connectivity index (χ3n) is 5.98. The SMILES string of the molecule is COC(=O)c1cc(C2CCN(C(=O)OC(C)(C)C)CC2)c(C(=N)C(C)C)c(Nc2ccc(F)cc2)n1. The van der Waals surface area contributed by atoms with E-state index in [2.05, 4.69) is 10.3 Å². The highest BCUT2D eigenvalue weighted by molar-refractivity contribution is 6.06. The van der Waals surface area contributed by atoms with Crippen molar-refractivity contribution in [3.8, 4) is 0 Å². The minimum Gasteiger partial charge on any atom is -0.464 e. The first-order valence-corrected chi connectivity index (χ1v) is 12.1. The van der Waals surface area contributed by atoms with Crippen LogP contribution in [-0.2, 0) is 9.47 Å². The van der Waals surface area contributed by atoms with Gasteiger partial charge in [0.2, 0.25) is 0 Å². The summed E-state index contributed by atoms with van der Waals surface area (Å²) in [6.07, 6.45) is 0.927. The van der Waals surface area contributed by atoms with E-state index < -0.39 is 11.6 Å². The van der Waals surface area contributed by atoms with Gasteiger partial charge in [0.25, 0.3) is 0 Å². The van der Waals surface area contributed by atoms with Crippen LogP contribution in [0.2, 0.25) is 0 Å². The standard InChI is InChI=1S/C27H35FN4O4/c1-16(2)23(29)22-20(17-11-13-32(14-12-17)26(34)36-27(3,4)5)15-21(25(33)35-6)31-24(22)30-19-9-7-18(28)8-10-19/h7-10,15-17,29H,11-14H2,1-6H3,(H,30,31). The normalized spacial score (nSPS) is 14.5. The van der Waals surface area contributed by atoms with Crippen LogP contribution in [0, 0.1) is 17.1 Å². The van der Waals surface area contributed by atoms with Crippen LogP contribution < -0.4 is 5.32 Å². The van der Waals surface area contributed by atoms with E-state index >= 15 is 0 Å². The Morgan fingerprint density at radius 2 is 1.78 bits per heavy atom. The maximum atomic E-state index is 13.5. The molecule has 1 aromatic heterocycles. The number of methoxy groups -OCH3 is 1. The summed E-state index contributed by atoms with van der Waals surface area (Å²) in [5.74, 6) is -0.743. The summed E-state index contributed by atoms with van der Waals surface area (Å²) in [4.78, 5) is 31.2. The average Bonchev–Trinajstić information content (AvgIpc) is 2.83. The fourth-order valence-electron chi connectivity index (χ4n) is 4.13. The summed E-state index contributed by atoms with van der Waals surface area (Å²) in [5, 5.41) is 12.0. The molecule has 0 atom stereocenters. The molecule has 1 aliphatic rings. The van der Waals surface area contributed by atoms with Crippen LogP contribution in [0.25, 0.3) is 0 Å². The number of rotatable bonds is 6. The average molecular weight is 499 g/mol. The molecule has 0 unspecified atom stereocenters. The van der Waals surface area contributed by atoms with Gasteiger partial charge in [-0.05, 0) is 81.3 Å². The number of carbonyl (C=O) groups excluding carboxylic acids is 2. The molecule has 1 fully saturated rings. The lowest BCUT2D eigenvalue weighted by atomic mass is 9.83. The van der Waals surface area contributed by atoms with Gasteiger partial charge in [-0.1, -0.05) is 13.8 Å². The number of pyridine rings is 1. The van der Waals surface area contributed by atoms with Gasteiger partial charge in [0.05, 0.1) is 7.11 Å². The lowest BCUT2D eigenvalue weighted by molar-refractivity contribution is 0.0204. The number of likely N-dealkylation sites (tertiary alicyclic amines) is 1. The Balaban J connectivity index is 2.01. The van der Waals surface area contributed by atoms with Crippen molar-refractivity contribution in [3.63, 3.8) is 0 Å². The zero-order chi connectivity index (χ0) is 26.6. The van der Waals surface area contributed by atoms with E-state index in [1.54, 1.807) is 23.1 Å². The quantitative estimate of drug-likeness (QED) is 0.380. The second-order valence-electron chi connectivity index (χ2n) is 10.3. The highest BCUT2D eigenvalue weighted by atomic mass is 19.1. The first kappa shape index (κ1) is 27.1. The van der Waals surface area contributed by atoms with Gasteiger partial charge in [0.1, 0.15) is 17.2 Å². The van der Waals surface area contributed by atoms with E-state index in [1.165, 1.54) is 19.2 Å². The molecule has 8 nitrogen and oxygen atoms in total. The minimum atomic E-state index is -0.591. The Bertz CT molecular complexity index is 1120. The molecule has 36 heavy (non-hydrogen) atoms. The zero-order valence-corrected chi connectivity index (χ0v) is 21.8. The van der Waals surface area contributed by atoms with E-state index in [-0.39, 0.29) is 29.4 Å². The van der Waals surface area contributed by atoms with Gasteiger partial charge in [-0.25, -0.2) is 19.0 Å². The number of nitrogens with zero attached hydrogens (tertiary/aromatic N) is 2. The van der Waals surface area contributed by atoms with Crippen LogP contribution in [0.15, 0.2) is 30.3 Å². The molecule has 1 aromatic carbocycles. The van der Waals surface area contributed by atoms with Crippen molar-refractivity contribution >= 4 is 29.3 Å². The number of piperidine rings is 1. The highest BCUT2D eigenvalue weighted by Gasteiger charge is 2.31. The van der Waals surface area contributed by atoms with Crippen molar-refractivity contribution in [2.75, 3.05) is 25.5 Å². The Hall–Kier alpha value is -3.49. The molecule has 1 saturated heterocycles. The lowest BCUT2D eigenvalue weighted by Gasteiger charge is -2.34. The predicted molar refractivity (Wildman–Crippen MR) is 137 cm³/mol. The van der Waals surface area contributed by atoms with E-state index in [0.29, 0.717) is 48.7 Å². The molecule has 194 valence electrons. The Morgan fingerprint density at radius 1 is 1.17 bits per heavy atom. The summed E-state index contributed by atoms with van der Waals surface area (Å²) >= 11 is 0. The molecule has 0 bridgehead atoms. The molecule has 2 aromatic rings. The molecule has 1 amide bonds. The number of benzene rings is 1. The lowest BCUT2D eigenvalue weighted by Crippen LogP contribution is -2.41. The van der Waals surface area contributed by atoms with Crippen LogP contribution >= 0.6 is 0 Å². The minimum absolute atomic E-state index is 0.0158. The Labute approximate surface area is 211 Å². The molecule has 0 radical (unpaired) electrons. The van der Waals surface area contributed by atoms with Crippen molar-refractivity contribution in [2.24, 2.45) is 5.92 Å². The smallest absolute Gasteiger partial charge is 0.410 e. The van der Waals surface area contributed by atoms with E-state index in [9.17, 15) is 14.0 Å². The number of aromatic nitrogens is 1. The molecule has 3 rings (SSSR count). The van der Waals surface area contributed by atoms with E-state index in [0.717, 1.165) is 5.56 Å². The van der Waals surface area contributed by atoms with E-state index in [4.69, 9.17) is 14.9 Å². The van der Waals surface area contributed by atoms with E-state index in [1.807, 2.05) is 34.6 Å². The van der Waals surface area contributed by atoms with Gasteiger partial charge in [-0.2, -0.15) is 0 Å². The summed E-state index contributed by atoms with van der Waals surface area (Å²) in [5.41, 5.74) is 1.90. The van der Waals surface area contributed by atoms with Crippen molar-refractivity contribution in [2.45, 2.75) is 59.0 Å². The maximum Gasteiger partial charge on any atom is 0.410 e. The predicted octanol–water partition coefficient (Wildman–Crippen LogP) is 5.89. The number of halogens is 1. The number of ether oxygens (including phenoxy) is 2. The molecular weight excluding hydrogens is 463 g/mol. The van der Waals surface area contributed by atoms with Gasteiger partial charge < -0.3 is 25.1 Å². The monoisotopic (exact) mass is 498 g/mol. The van der Waals surface area contributed by atoms with Crippen molar-refractivity contribution < 1.29 is 23.5 Å². The topological polar surface area (TPSA) is 105 Å². The molecule has 1 aliphatic heterocycles. The summed E-state index contributed by atoms with van der Waals surface area (Å²) < 4.78 is 23.9. The number of carbonyl (C=O) groups is 2. The first-order valence-electron chi connectivity index (χ1n) is 12.1. The van der Waals surface area contributed by atoms with Crippen LogP contribution in [0.4, 0.5) is 20.7 Å². The van der Waals surface area contributed by atoms with Crippen molar-refractivity contribution in [1.82, 2.24) is 9.88 Å². The number of amides is 1. The van der Waals surface area contributed by atoms with Gasteiger partial charge in [0.15, 0.2) is 5.69 Å². The Morgan fingerprint density at radius 3 is 2.31 bits per heavy atom. The first-order chi connectivity index (χ1) is 16.9. The molecular formula is C27H35FN4O4. The largest absolute Gasteiger partial charge is 0.464 e. The van der Waals surface area contributed by atoms with Gasteiger partial charge in [-0.3, -0.25) is 0 Å². The van der Waals surface area contributed by atoms with Gasteiger partial charge in [0, 0.05) is 30.1 Å². The van der Waals surface area contributed by atoms with Crippen molar-refractivity contribution in [1.29, 1.82) is 5.41 Å². The molecule has 0 aliphatic carbocycles. The number of anilines is 2. The van der Waals surface area contributed by atoms with Crippen LogP contribution in [0.1, 0.15) is 75.0 Å². The number of hydrogen-bond acceptors (Lipinski definition) is 7. The summed E-state index contributed by atoms with van der Waals surface area (Å²) in [7, 11) is 1.29. The molecule has 2 heterocycles. The highest BCUT2D eigenvalue weighted by Crippen LogP contribution is 2.36. The second-order valence-corrected chi connectivity index (χ2v) is 10.3. The van der Waals surface area contributed by atoms with Crippen LogP contribution in [0.5, 0.6) is 0 Å².